The first-order valence-corrected chi connectivity index (χ1v) is 6.15. The molecule has 1 aromatic rings. The van der Waals surface area contributed by atoms with Gasteiger partial charge in [0.15, 0.2) is 5.78 Å². The zero-order valence-electron chi connectivity index (χ0n) is 9.53. The number of benzene rings is 1. The summed E-state index contributed by atoms with van der Waals surface area (Å²) < 4.78 is 0. The Balaban J connectivity index is 2.70. The molecule has 0 radical (unpaired) electrons. The summed E-state index contributed by atoms with van der Waals surface area (Å²) >= 11 is 5.59. The summed E-state index contributed by atoms with van der Waals surface area (Å²) in [5, 5.41) is 0. The van der Waals surface area contributed by atoms with Crippen LogP contribution in [0.4, 0.5) is 0 Å². The van der Waals surface area contributed by atoms with Crippen LogP contribution in [-0.4, -0.2) is 11.7 Å². The summed E-state index contributed by atoms with van der Waals surface area (Å²) in [6.07, 6.45) is 5.60. The normalized spacial score (nSPS) is 12.9. The van der Waals surface area contributed by atoms with Crippen molar-refractivity contribution < 1.29 is 4.79 Å². The van der Waals surface area contributed by atoms with E-state index in [0.29, 0.717) is 5.88 Å². The molecule has 0 saturated carbocycles. The third-order valence-corrected chi connectivity index (χ3v) is 2.70. The number of allylic oxidation sites excluding steroid dienone is 2. The summed E-state index contributed by atoms with van der Waals surface area (Å²) in [5.41, 5.74) is 0.782. The highest BCUT2D eigenvalue weighted by Crippen LogP contribution is 2.14. The molecule has 0 unspecified atom stereocenters. The average Bonchev–Trinajstić information content (AvgIpc) is 2.35. The van der Waals surface area contributed by atoms with Gasteiger partial charge in [-0.25, -0.2) is 0 Å². The lowest BCUT2D eigenvalue weighted by atomic mass is 9.95. The number of hydrogen-bond acceptors (Lipinski definition) is 1. The maximum atomic E-state index is 12.1. The molecule has 1 nitrogen and oxygen atoms in total. The molecule has 1 atom stereocenters. The smallest absolute Gasteiger partial charge is 0.169 e. The lowest BCUT2D eigenvalue weighted by Gasteiger charge is -2.08. The summed E-state index contributed by atoms with van der Waals surface area (Å²) in [5.74, 6) is 0.770. The van der Waals surface area contributed by atoms with Crippen molar-refractivity contribution in [3.63, 3.8) is 0 Å². The maximum Gasteiger partial charge on any atom is 0.169 e. The molecule has 0 aliphatic rings. The van der Waals surface area contributed by atoms with Crippen LogP contribution >= 0.6 is 11.6 Å². The first kappa shape index (κ1) is 13.0. The molecule has 0 aromatic heterocycles. The lowest BCUT2D eigenvalue weighted by molar-refractivity contribution is 0.0943. The van der Waals surface area contributed by atoms with Crippen LogP contribution in [0.15, 0.2) is 42.5 Å². The number of alkyl halides is 1. The number of ketones is 1. The quantitative estimate of drug-likeness (QED) is 0.413. The van der Waals surface area contributed by atoms with Crippen molar-refractivity contribution in [2.75, 3.05) is 5.88 Å². The molecule has 0 N–H and O–H groups in total. The highest BCUT2D eigenvalue weighted by molar-refractivity contribution is 6.17. The van der Waals surface area contributed by atoms with E-state index < -0.39 is 0 Å². The highest BCUT2D eigenvalue weighted by Gasteiger charge is 2.14. The zero-order valence-corrected chi connectivity index (χ0v) is 10.3. The van der Waals surface area contributed by atoms with Crippen LogP contribution in [-0.2, 0) is 0 Å². The van der Waals surface area contributed by atoms with E-state index >= 15 is 0 Å². The molecular weight excluding hydrogens is 220 g/mol. The van der Waals surface area contributed by atoms with Gasteiger partial charge < -0.3 is 0 Å². The minimum atomic E-state index is -0.0226. The highest BCUT2D eigenvalue weighted by atomic mass is 35.5. The zero-order chi connectivity index (χ0) is 11.8. The monoisotopic (exact) mass is 236 g/mol. The standard InChI is InChI=1S/C14H17ClO/c1-2-12(8-6-7-11-15)14(16)13-9-4-3-5-10-13/h3-6,8-10,12H,2,7,11H2,1H3/b8-6+/t12-/m0/s1. The van der Waals surface area contributed by atoms with Gasteiger partial charge in [0.2, 0.25) is 0 Å². The molecule has 0 fully saturated rings. The molecule has 1 aromatic carbocycles. The second-order valence-electron chi connectivity index (χ2n) is 3.65. The van der Waals surface area contributed by atoms with E-state index in [1.54, 1.807) is 0 Å². The van der Waals surface area contributed by atoms with E-state index in [-0.39, 0.29) is 11.7 Å². The number of hydrogen-bond donors (Lipinski definition) is 0. The molecule has 0 amide bonds. The Bertz CT molecular complexity index is 343. The summed E-state index contributed by atoms with van der Waals surface area (Å²) in [4.78, 5) is 12.1. The molecule has 0 spiro atoms. The second-order valence-corrected chi connectivity index (χ2v) is 4.03. The first-order chi connectivity index (χ1) is 7.79. The molecule has 2 heteroatoms. The van der Waals surface area contributed by atoms with E-state index in [1.165, 1.54) is 0 Å². The van der Waals surface area contributed by atoms with Crippen LogP contribution in [0.2, 0.25) is 0 Å². The SMILES string of the molecule is CC[C@@H](/C=C/CCCl)C(=O)c1ccccc1. The fourth-order valence-electron chi connectivity index (χ4n) is 1.55. The third-order valence-electron chi connectivity index (χ3n) is 2.48. The average molecular weight is 237 g/mol. The number of halogens is 1. The predicted octanol–water partition coefficient (Wildman–Crippen LogP) is 4.08. The molecule has 0 saturated heterocycles. The Morgan fingerprint density at radius 2 is 2.06 bits per heavy atom. The largest absolute Gasteiger partial charge is 0.294 e. The van der Waals surface area contributed by atoms with Crippen molar-refractivity contribution in [3.8, 4) is 0 Å². The van der Waals surface area contributed by atoms with Gasteiger partial charge in [-0.2, -0.15) is 0 Å². The van der Waals surface area contributed by atoms with Crippen LogP contribution in [0, 0.1) is 5.92 Å². The van der Waals surface area contributed by atoms with Gasteiger partial charge >= 0.3 is 0 Å². The minimum Gasteiger partial charge on any atom is -0.294 e. The van der Waals surface area contributed by atoms with Gasteiger partial charge in [-0.3, -0.25) is 4.79 Å². The topological polar surface area (TPSA) is 17.1 Å². The molecule has 16 heavy (non-hydrogen) atoms. The van der Waals surface area contributed by atoms with Gasteiger partial charge in [0, 0.05) is 17.4 Å². The fraction of sp³-hybridized carbons (Fsp3) is 0.357. The second kappa shape index (κ2) is 7.24. The van der Waals surface area contributed by atoms with E-state index in [4.69, 9.17) is 11.6 Å². The Morgan fingerprint density at radius 1 is 1.38 bits per heavy atom. The van der Waals surface area contributed by atoms with Crippen molar-refractivity contribution in [2.24, 2.45) is 5.92 Å². The molecule has 0 bridgehead atoms. The summed E-state index contributed by atoms with van der Waals surface area (Å²) in [6.45, 7) is 2.02. The van der Waals surface area contributed by atoms with Crippen LogP contribution < -0.4 is 0 Å². The van der Waals surface area contributed by atoms with Crippen molar-refractivity contribution in [1.82, 2.24) is 0 Å². The molecule has 0 aliphatic heterocycles. The Morgan fingerprint density at radius 3 is 2.62 bits per heavy atom. The van der Waals surface area contributed by atoms with E-state index in [2.05, 4.69) is 0 Å². The molecule has 86 valence electrons. The van der Waals surface area contributed by atoms with Crippen molar-refractivity contribution in [2.45, 2.75) is 19.8 Å². The number of rotatable bonds is 6. The van der Waals surface area contributed by atoms with Crippen molar-refractivity contribution >= 4 is 17.4 Å². The van der Waals surface area contributed by atoms with Crippen LogP contribution in [0.5, 0.6) is 0 Å². The van der Waals surface area contributed by atoms with Gasteiger partial charge in [0.25, 0.3) is 0 Å². The van der Waals surface area contributed by atoms with Gasteiger partial charge in [0.05, 0.1) is 0 Å². The lowest BCUT2D eigenvalue weighted by Crippen LogP contribution is -2.11. The molecule has 0 aliphatic carbocycles. The van der Waals surface area contributed by atoms with Crippen molar-refractivity contribution in [1.29, 1.82) is 0 Å². The van der Waals surface area contributed by atoms with E-state index in [0.717, 1.165) is 18.4 Å². The Labute approximate surface area is 102 Å². The Hall–Kier alpha value is -1.08. The molecule has 1 rings (SSSR count). The van der Waals surface area contributed by atoms with Crippen LogP contribution in [0.25, 0.3) is 0 Å². The first-order valence-electron chi connectivity index (χ1n) is 5.61. The summed E-state index contributed by atoms with van der Waals surface area (Å²) in [6, 6.07) is 9.42. The summed E-state index contributed by atoms with van der Waals surface area (Å²) in [7, 11) is 0. The minimum absolute atomic E-state index is 0.0226. The fourth-order valence-corrected chi connectivity index (χ4v) is 1.67. The molecule has 0 heterocycles. The van der Waals surface area contributed by atoms with Gasteiger partial charge in [-0.1, -0.05) is 49.4 Å². The molecular formula is C14H17ClO. The van der Waals surface area contributed by atoms with Gasteiger partial charge in [-0.05, 0) is 12.8 Å². The number of carbonyl (C=O) groups excluding carboxylic acids is 1. The van der Waals surface area contributed by atoms with Crippen molar-refractivity contribution in [3.05, 3.63) is 48.0 Å². The van der Waals surface area contributed by atoms with E-state index in [1.807, 2.05) is 49.4 Å². The van der Waals surface area contributed by atoms with Crippen LogP contribution in [0.1, 0.15) is 30.1 Å². The van der Waals surface area contributed by atoms with Gasteiger partial charge in [-0.15, -0.1) is 11.6 Å². The number of carbonyl (C=O) groups is 1. The van der Waals surface area contributed by atoms with Crippen LogP contribution in [0.3, 0.4) is 0 Å². The van der Waals surface area contributed by atoms with Gasteiger partial charge in [0.1, 0.15) is 0 Å². The number of Topliss-reactive ketones (excluding diaryl/α,β-unsaturated/α-hetero) is 1. The predicted molar refractivity (Wildman–Crippen MR) is 69.0 cm³/mol. The maximum absolute atomic E-state index is 12.1. The third kappa shape index (κ3) is 3.82. The van der Waals surface area contributed by atoms with E-state index in [9.17, 15) is 4.79 Å². The Kier molecular flexibility index (Phi) is 5.87.